The number of methoxy groups -OCH3 is 1. The van der Waals surface area contributed by atoms with E-state index in [1.165, 1.54) is 0 Å². The van der Waals surface area contributed by atoms with E-state index in [2.05, 4.69) is 0 Å². The zero-order chi connectivity index (χ0) is 12.9. The molecule has 0 saturated carbocycles. The molecule has 4 heteroatoms. The molecule has 3 nitrogen and oxygen atoms in total. The molecule has 0 heterocycles. The van der Waals surface area contributed by atoms with Gasteiger partial charge in [0, 0.05) is 18.1 Å². The van der Waals surface area contributed by atoms with Gasteiger partial charge >= 0.3 is 0 Å². The van der Waals surface area contributed by atoms with Gasteiger partial charge in [-0.1, -0.05) is 11.6 Å². The lowest BCUT2D eigenvalue weighted by Gasteiger charge is -2.24. The minimum absolute atomic E-state index is 0.291. The van der Waals surface area contributed by atoms with E-state index in [0.29, 0.717) is 24.7 Å². The van der Waals surface area contributed by atoms with Gasteiger partial charge in [-0.3, -0.25) is 0 Å². The monoisotopic (exact) mass is 258 g/mol. The average Bonchev–Trinajstić information content (AvgIpc) is 2.26. The molecular weight excluding hydrogens is 240 g/mol. The van der Waals surface area contributed by atoms with Gasteiger partial charge in [-0.25, -0.2) is 0 Å². The number of rotatable bonds is 6. The third kappa shape index (κ3) is 4.54. The lowest BCUT2D eigenvalue weighted by molar-refractivity contribution is -0.0299. The van der Waals surface area contributed by atoms with Gasteiger partial charge in [0.2, 0.25) is 0 Å². The number of hydrogen-bond donors (Lipinski definition) is 1. The number of aliphatic hydroxyl groups is 1. The smallest absolute Gasteiger partial charge is 0.122 e. The quantitative estimate of drug-likeness (QED) is 0.853. The maximum atomic E-state index is 10.2. The Bertz CT molecular complexity index is 364. The highest BCUT2D eigenvalue weighted by atomic mass is 35.5. The molecule has 0 saturated heterocycles. The average molecular weight is 259 g/mol. The molecule has 17 heavy (non-hydrogen) atoms. The topological polar surface area (TPSA) is 38.7 Å². The number of hydrogen-bond acceptors (Lipinski definition) is 3. The van der Waals surface area contributed by atoms with E-state index in [9.17, 15) is 5.11 Å². The summed E-state index contributed by atoms with van der Waals surface area (Å²) < 4.78 is 10.5. The Morgan fingerprint density at radius 1 is 1.41 bits per heavy atom. The summed E-state index contributed by atoms with van der Waals surface area (Å²) in [4.78, 5) is 0. The molecule has 96 valence electrons. The van der Waals surface area contributed by atoms with Gasteiger partial charge in [0.1, 0.15) is 5.75 Å². The Morgan fingerprint density at radius 3 is 2.71 bits per heavy atom. The van der Waals surface area contributed by atoms with Crippen LogP contribution >= 0.6 is 11.6 Å². The van der Waals surface area contributed by atoms with Crippen LogP contribution in [0.5, 0.6) is 5.75 Å². The van der Waals surface area contributed by atoms with Crippen LogP contribution < -0.4 is 4.74 Å². The van der Waals surface area contributed by atoms with Gasteiger partial charge in [-0.2, -0.15) is 0 Å². The van der Waals surface area contributed by atoms with Gasteiger partial charge in [0.25, 0.3) is 0 Å². The summed E-state index contributed by atoms with van der Waals surface area (Å²) in [6.45, 7) is 4.51. The SMILES string of the molecule is CCOCC(C)(O)Cc1cc(Cl)ccc1OC. The molecule has 0 aliphatic rings. The Labute approximate surface area is 107 Å². The second-order valence-corrected chi connectivity index (χ2v) is 4.70. The summed E-state index contributed by atoms with van der Waals surface area (Å²) in [5.74, 6) is 0.728. The van der Waals surface area contributed by atoms with Crippen LogP contribution in [0.1, 0.15) is 19.4 Å². The van der Waals surface area contributed by atoms with E-state index in [0.717, 1.165) is 11.3 Å². The third-order valence-electron chi connectivity index (χ3n) is 2.43. The van der Waals surface area contributed by atoms with E-state index < -0.39 is 5.60 Å². The van der Waals surface area contributed by atoms with Crippen LogP contribution in [0.25, 0.3) is 0 Å². The fraction of sp³-hybridized carbons (Fsp3) is 0.538. The molecule has 1 aromatic carbocycles. The van der Waals surface area contributed by atoms with Crippen LogP contribution in [0.15, 0.2) is 18.2 Å². The number of benzene rings is 1. The first-order valence-corrected chi connectivity index (χ1v) is 5.99. The first-order valence-electron chi connectivity index (χ1n) is 5.61. The molecule has 1 atom stereocenters. The molecule has 1 unspecified atom stereocenters. The highest BCUT2D eigenvalue weighted by Crippen LogP contribution is 2.26. The predicted octanol–water partition coefficient (Wildman–Crippen LogP) is 2.68. The Kier molecular flexibility index (Phi) is 5.25. The highest BCUT2D eigenvalue weighted by Gasteiger charge is 2.23. The van der Waals surface area contributed by atoms with Gasteiger partial charge < -0.3 is 14.6 Å². The van der Waals surface area contributed by atoms with Gasteiger partial charge in [-0.15, -0.1) is 0 Å². The molecule has 0 fully saturated rings. The van der Waals surface area contributed by atoms with Crippen molar-refractivity contribution in [3.05, 3.63) is 28.8 Å². The minimum Gasteiger partial charge on any atom is -0.496 e. The lowest BCUT2D eigenvalue weighted by Crippen LogP contribution is -2.33. The summed E-state index contributed by atoms with van der Waals surface area (Å²) in [6.07, 6.45) is 0.441. The van der Waals surface area contributed by atoms with Crippen molar-refractivity contribution in [2.75, 3.05) is 20.3 Å². The zero-order valence-electron chi connectivity index (χ0n) is 10.5. The summed E-state index contributed by atoms with van der Waals surface area (Å²) >= 11 is 5.94. The van der Waals surface area contributed by atoms with Crippen molar-refractivity contribution in [3.63, 3.8) is 0 Å². The van der Waals surface area contributed by atoms with Crippen LogP contribution in [-0.4, -0.2) is 31.0 Å². The molecule has 1 N–H and O–H groups in total. The first-order chi connectivity index (χ1) is 7.98. The summed E-state index contributed by atoms with van der Waals surface area (Å²) in [5, 5.41) is 10.8. The highest BCUT2D eigenvalue weighted by molar-refractivity contribution is 6.30. The molecular formula is C13H19ClO3. The van der Waals surface area contributed by atoms with E-state index in [1.54, 1.807) is 32.2 Å². The van der Waals surface area contributed by atoms with Crippen LogP contribution in [0.2, 0.25) is 5.02 Å². The Morgan fingerprint density at radius 2 is 2.12 bits per heavy atom. The normalized spacial score (nSPS) is 14.4. The molecule has 0 aromatic heterocycles. The van der Waals surface area contributed by atoms with Crippen molar-refractivity contribution >= 4 is 11.6 Å². The summed E-state index contributed by atoms with van der Waals surface area (Å²) in [5.41, 5.74) is -0.0433. The number of ether oxygens (including phenoxy) is 2. The van der Waals surface area contributed by atoms with Crippen LogP contribution in [0.4, 0.5) is 0 Å². The molecule has 0 bridgehead atoms. The fourth-order valence-corrected chi connectivity index (χ4v) is 1.86. The molecule has 0 aliphatic heterocycles. The second-order valence-electron chi connectivity index (χ2n) is 4.27. The molecule has 1 rings (SSSR count). The Balaban J connectivity index is 2.82. The molecule has 0 spiro atoms. The molecule has 1 aromatic rings. The van der Waals surface area contributed by atoms with Gasteiger partial charge in [0.05, 0.1) is 19.3 Å². The Hall–Kier alpha value is -0.770. The van der Waals surface area contributed by atoms with E-state index >= 15 is 0 Å². The van der Waals surface area contributed by atoms with Crippen LogP contribution in [-0.2, 0) is 11.2 Å². The second kappa shape index (κ2) is 6.24. The van der Waals surface area contributed by atoms with Crippen LogP contribution in [0.3, 0.4) is 0 Å². The molecule has 0 amide bonds. The van der Waals surface area contributed by atoms with Crippen molar-refractivity contribution in [1.82, 2.24) is 0 Å². The third-order valence-corrected chi connectivity index (χ3v) is 2.67. The summed E-state index contributed by atoms with van der Waals surface area (Å²) in [6, 6.07) is 5.37. The maximum absolute atomic E-state index is 10.2. The first kappa shape index (κ1) is 14.3. The minimum atomic E-state index is -0.923. The number of halogens is 1. The van der Waals surface area contributed by atoms with Crippen molar-refractivity contribution in [2.24, 2.45) is 0 Å². The van der Waals surface area contributed by atoms with Crippen molar-refractivity contribution in [2.45, 2.75) is 25.9 Å². The standard InChI is InChI=1S/C13H19ClO3/c1-4-17-9-13(2,15)8-10-7-11(14)5-6-12(10)16-3/h5-7,15H,4,8-9H2,1-3H3. The maximum Gasteiger partial charge on any atom is 0.122 e. The van der Waals surface area contributed by atoms with E-state index in [1.807, 2.05) is 6.92 Å². The van der Waals surface area contributed by atoms with Crippen LogP contribution in [0, 0.1) is 0 Å². The van der Waals surface area contributed by atoms with E-state index in [4.69, 9.17) is 21.1 Å². The van der Waals surface area contributed by atoms with Crippen molar-refractivity contribution < 1.29 is 14.6 Å². The van der Waals surface area contributed by atoms with Crippen molar-refractivity contribution in [3.8, 4) is 5.75 Å². The molecule has 0 radical (unpaired) electrons. The van der Waals surface area contributed by atoms with E-state index in [-0.39, 0.29) is 0 Å². The van der Waals surface area contributed by atoms with Crippen molar-refractivity contribution in [1.29, 1.82) is 0 Å². The fourth-order valence-electron chi connectivity index (χ4n) is 1.67. The largest absolute Gasteiger partial charge is 0.496 e. The summed E-state index contributed by atoms with van der Waals surface area (Å²) in [7, 11) is 1.60. The van der Waals surface area contributed by atoms with Gasteiger partial charge in [-0.05, 0) is 37.6 Å². The molecule has 0 aliphatic carbocycles. The predicted molar refractivity (Wildman–Crippen MR) is 68.8 cm³/mol. The zero-order valence-corrected chi connectivity index (χ0v) is 11.3. The lowest BCUT2D eigenvalue weighted by atomic mass is 9.97. The van der Waals surface area contributed by atoms with Gasteiger partial charge in [0.15, 0.2) is 0 Å².